The van der Waals surface area contributed by atoms with Crippen molar-refractivity contribution in [3.63, 3.8) is 0 Å². The Bertz CT molecular complexity index is 1090. The Hall–Kier alpha value is -3.32. The van der Waals surface area contributed by atoms with Crippen LogP contribution in [0.3, 0.4) is 0 Å². The highest BCUT2D eigenvalue weighted by Gasteiger charge is 2.13. The van der Waals surface area contributed by atoms with E-state index >= 15 is 0 Å². The predicted molar refractivity (Wildman–Crippen MR) is 109 cm³/mol. The third-order valence-electron chi connectivity index (χ3n) is 4.17. The van der Waals surface area contributed by atoms with Crippen molar-refractivity contribution < 1.29 is 9.21 Å². The van der Waals surface area contributed by atoms with E-state index in [4.69, 9.17) is 4.42 Å². The van der Waals surface area contributed by atoms with Crippen LogP contribution in [-0.4, -0.2) is 21.1 Å². The minimum Gasteiger partial charge on any atom is -0.416 e. The van der Waals surface area contributed by atoms with Crippen LogP contribution in [0.5, 0.6) is 0 Å². The molecular weight excluding hydrogens is 372 g/mol. The number of rotatable bonds is 5. The van der Waals surface area contributed by atoms with E-state index in [0.29, 0.717) is 28.4 Å². The van der Waals surface area contributed by atoms with Gasteiger partial charge in [-0.05, 0) is 42.3 Å². The molecule has 2 aromatic carbocycles. The van der Waals surface area contributed by atoms with Crippen molar-refractivity contribution in [2.75, 3.05) is 5.32 Å². The predicted octanol–water partition coefficient (Wildman–Crippen LogP) is 5.24. The van der Waals surface area contributed by atoms with Crippen LogP contribution < -0.4 is 5.32 Å². The SMILES string of the molecule is CC(C)c1csc(NC(=O)c2ccc(-c3nnc(-c4ccccc4)o3)cc2)n1. The number of hydrogen-bond donors (Lipinski definition) is 1. The van der Waals surface area contributed by atoms with Gasteiger partial charge in [0.25, 0.3) is 5.91 Å². The standard InChI is InChI=1S/C21H18N4O2S/c1-13(2)17-12-28-21(22-17)23-18(26)14-8-10-16(11-9-14)20-25-24-19(27-20)15-6-4-3-5-7-15/h3-13H,1-2H3,(H,22,23,26). The number of aromatic nitrogens is 3. The summed E-state index contributed by atoms with van der Waals surface area (Å²) in [7, 11) is 0. The molecule has 4 aromatic rings. The number of hydrogen-bond acceptors (Lipinski definition) is 6. The highest BCUT2D eigenvalue weighted by molar-refractivity contribution is 7.14. The van der Waals surface area contributed by atoms with Crippen LogP contribution in [0.1, 0.15) is 35.8 Å². The molecule has 0 atom stereocenters. The van der Waals surface area contributed by atoms with Crippen molar-refractivity contribution >= 4 is 22.4 Å². The van der Waals surface area contributed by atoms with Crippen molar-refractivity contribution in [2.45, 2.75) is 19.8 Å². The van der Waals surface area contributed by atoms with Gasteiger partial charge >= 0.3 is 0 Å². The van der Waals surface area contributed by atoms with Gasteiger partial charge in [0.1, 0.15) is 0 Å². The summed E-state index contributed by atoms with van der Waals surface area (Å²) in [4.78, 5) is 16.9. The molecule has 0 spiro atoms. The fourth-order valence-electron chi connectivity index (χ4n) is 2.58. The number of thiazole rings is 1. The molecule has 6 nitrogen and oxygen atoms in total. The molecule has 0 aliphatic heterocycles. The Morgan fingerprint density at radius 1 is 0.964 bits per heavy atom. The fraction of sp³-hybridized carbons (Fsp3) is 0.143. The minimum absolute atomic E-state index is 0.202. The normalized spacial score (nSPS) is 11.0. The number of anilines is 1. The average Bonchev–Trinajstić information content (AvgIpc) is 3.39. The van der Waals surface area contributed by atoms with Gasteiger partial charge in [0.05, 0.1) is 5.69 Å². The second-order valence-electron chi connectivity index (χ2n) is 6.54. The molecule has 0 unspecified atom stereocenters. The third-order valence-corrected chi connectivity index (χ3v) is 4.95. The van der Waals surface area contributed by atoms with Gasteiger partial charge in [-0.25, -0.2) is 4.98 Å². The van der Waals surface area contributed by atoms with Crippen LogP contribution in [0.2, 0.25) is 0 Å². The largest absolute Gasteiger partial charge is 0.416 e. The molecule has 0 saturated heterocycles. The van der Waals surface area contributed by atoms with Crippen molar-refractivity contribution in [3.05, 3.63) is 71.2 Å². The lowest BCUT2D eigenvalue weighted by Gasteiger charge is -2.03. The van der Waals surface area contributed by atoms with Crippen LogP contribution in [0.25, 0.3) is 22.9 Å². The maximum Gasteiger partial charge on any atom is 0.257 e. The number of nitrogens with zero attached hydrogens (tertiary/aromatic N) is 3. The van der Waals surface area contributed by atoms with Crippen LogP contribution in [0.4, 0.5) is 5.13 Å². The van der Waals surface area contributed by atoms with E-state index in [-0.39, 0.29) is 5.91 Å². The summed E-state index contributed by atoms with van der Waals surface area (Å²) >= 11 is 1.43. The second kappa shape index (κ2) is 7.74. The number of carbonyl (C=O) groups is 1. The molecule has 28 heavy (non-hydrogen) atoms. The minimum atomic E-state index is -0.202. The second-order valence-corrected chi connectivity index (χ2v) is 7.40. The summed E-state index contributed by atoms with van der Waals surface area (Å²) in [6.07, 6.45) is 0. The Morgan fingerprint density at radius 2 is 1.61 bits per heavy atom. The van der Waals surface area contributed by atoms with Gasteiger partial charge in [0.15, 0.2) is 5.13 Å². The quantitative estimate of drug-likeness (QED) is 0.504. The van der Waals surface area contributed by atoms with Gasteiger partial charge in [-0.3, -0.25) is 10.1 Å². The topological polar surface area (TPSA) is 80.9 Å². The lowest BCUT2D eigenvalue weighted by atomic mass is 10.1. The molecule has 2 heterocycles. The smallest absolute Gasteiger partial charge is 0.257 e. The van der Waals surface area contributed by atoms with Gasteiger partial charge < -0.3 is 4.42 Å². The molecule has 0 radical (unpaired) electrons. The zero-order valence-corrected chi connectivity index (χ0v) is 16.2. The lowest BCUT2D eigenvalue weighted by molar-refractivity contribution is 0.102. The molecule has 0 bridgehead atoms. The summed E-state index contributed by atoms with van der Waals surface area (Å²) in [5.41, 5.74) is 3.12. The van der Waals surface area contributed by atoms with Crippen molar-refractivity contribution in [1.29, 1.82) is 0 Å². The van der Waals surface area contributed by atoms with Crippen molar-refractivity contribution in [3.8, 4) is 22.9 Å². The Kier molecular flexibility index (Phi) is 4.99. The van der Waals surface area contributed by atoms with E-state index in [0.717, 1.165) is 16.8 Å². The van der Waals surface area contributed by atoms with Gasteiger partial charge in [-0.1, -0.05) is 32.0 Å². The molecule has 4 rings (SSSR count). The summed E-state index contributed by atoms with van der Waals surface area (Å²) < 4.78 is 5.75. The van der Waals surface area contributed by atoms with E-state index in [2.05, 4.69) is 34.3 Å². The summed E-state index contributed by atoms with van der Waals surface area (Å²) in [6, 6.07) is 16.6. The van der Waals surface area contributed by atoms with Crippen LogP contribution in [0, 0.1) is 0 Å². The third kappa shape index (κ3) is 3.84. The highest BCUT2D eigenvalue weighted by atomic mass is 32.1. The molecular formula is C21H18N4O2S. The van der Waals surface area contributed by atoms with Gasteiger partial charge in [-0.2, -0.15) is 0 Å². The maximum atomic E-state index is 12.4. The van der Waals surface area contributed by atoms with Gasteiger partial charge in [-0.15, -0.1) is 21.5 Å². The van der Waals surface area contributed by atoms with Crippen LogP contribution >= 0.6 is 11.3 Å². The Balaban J connectivity index is 1.47. The molecule has 1 N–H and O–H groups in total. The van der Waals surface area contributed by atoms with Crippen molar-refractivity contribution in [2.24, 2.45) is 0 Å². The summed E-state index contributed by atoms with van der Waals surface area (Å²) in [5.74, 6) is 0.998. The molecule has 2 aromatic heterocycles. The van der Waals surface area contributed by atoms with Gasteiger partial charge in [0.2, 0.25) is 11.8 Å². The lowest BCUT2D eigenvalue weighted by Crippen LogP contribution is -2.11. The van der Waals surface area contributed by atoms with E-state index in [9.17, 15) is 4.79 Å². The molecule has 1 amide bonds. The first kappa shape index (κ1) is 18.1. The molecule has 0 saturated carbocycles. The molecule has 0 aliphatic rings. The monoisotopic (exact) mass is 390 g/mol. The Morgan fingerprint density at radius 3 is 2.21 bits per heavy atom. The maximum absolute atomic E-state index is 12.4. The van der Waals surface area contributed by atoms with Crippen molar-refractivity contribution in [1.82, 2.24) is 15.2 Å². The van der Waals surface area contributed by atoms with E-state index in [1.54, 1.807) is 24.3 Å². The molecule has 7 heteroatoms. The first-order valence-corrected chi connectivity index (χ1v) is 9.74. The fourth-order valence-corrected chi connectivity index (χ4v) is 3.45. The molecule has 0 aliphatic carbocycles. The molecule has 0 fully saturated rings. The number of carbonyl (C=O) groups excluding carboxylic acids is 1. The number of benzene rings is 2. The van der Waals surface area contributed by atoms with E-state index in [1.165, 1.54) is 11.3 Å². The van der Waals surface area contributed by atoms with E-state index < -0.39 is 0 Å². The van der Waals surface area contributed by atoms with Crippen LogP contribution in [-0.2, 0) is 0 Å². The Labute approximate surface area is 166 Å². The summed E-state index contributed by atoms with van der Waals surface area (Å²) in [5, 5.41) is 13.6. The average molecular weight is 390 g/mol. The first-order valence-electron chi connectivity index (χ1n) is 8.86. The summed E-state index contributed by atoms with van der Waals surface area (Å²) in [6.45, 7) is 4.14. The highest BCUT2D eigenvalue weighted by Crippen LogP contribution is 2.25. The zero-order valence-electron chi connectivity index (χ0n) is 15.4. The first-order chi connectivity index (χ1) is 13.6. The zero-order chi connectivity index (χ0) is 19.5. The van der Waals surface area contributed by atoms with Gasteiger partial charge in [0, 0.05) is 22.1 Å². The number of amides is 1. The van der Waals surface area contributed by atoms with Crippen LogP contribution in [0.15, 0.2) is 64.4 Å². The molecule has 140 valence electrons. The number of nitrogens with one attached hydrogen (secondary N) is 1. The van der Waals surface area contributed by atoms with E-state index in [1.807, 2.05) is 35.7 Å².